The van der Waals surface area contributed by atoms with E-state index >= 15 is 0 Å². The zero-order chi connectivity index (χ0) is 14.5. The zero-order valence-corrected chi connectivity index (χ0v) is 12.2. The Kier molecular flexibility index (Phi) is 5.93. The van der Waals surface area contributed by atoms with Gasteiger partial charge in [-0.25, -0.2) is 13.6 Å². The molecular formula is C13H22N2O3S. The first-order valence-electron chi connectivity index (χ1n) is 6.31. The number of nitrogens with two attached hydrogens (primary N) is 1. The quantitative estimate of drug-likeness (QED) is 0.697. The molecule has 0 fully saturated rings. The molecule has 0 amide bonds. The third kappa shape index (κ3) is 5.28. The molecule has 0 aliphatic rings. The Labute approximate surface area is 114 Å². The molecule has 6 heteroatoms. The monoisotopic (exact) mass is 286 g/mol. The normalized spacial score (nSPS) is 15.2. The summed E-state index contributed by atoms with van der Waals surface area (Å²) in [5.74, 6) is 0.369. The van der Waals surface area contributed by atoms with Gasteiger partial charge in [-0.1, -0.05) is 19.1 Å². The number of hydrogen-bond acceptors (Lipinski definition) is 4. The topological polar surface area (TPSA) is 92.4 Å². The molecule has 0 radical (unpaired) electrons. The number of sulfonamides is 1. The summed E-state index contributed by atoms with van der Waals surface area (Å²) in [6.45, 7) is 4.96. The Morgan fingerprint density at radius 1 is 1.37 bits per heavy atom. The van der Waals surface area contributed by atoms with Crippen LogP contribution < -0.4 is 10.5 Å². The Bertz CT molecular complexity index is 502. The van der Waals surface area contributed by atoms with Gasteiger partial charge < -0.3 is 10.4 Å². The van der Waals surface area contributed by atoms with E-state index in [-0.39, 0.29) is 17.5 Å². The van der Waals surface area contributed by atoms with Gasteiger partial charge in [-0.2, -0.15) is 0 Å². The first-order valence-corrected chi connectivity index (χ1v) is 7.86. The van der Waals surface area contributed by atoms with Crippen LogP contribution in [-0.2, 0) is 10.0 Å². The van der Waals surface area contributed by atoms with Gasteiger partial charge in [0.25, 0.3) is 0 Å². The molecule has 0 aromatic heterocycles. The van der Waals surface area contributed by atoms with E-state index in [2.05, 4.69) is 12.2 Å². The highest BCUT2D eigenvalue weighted by atomic mass is 32.2. The fourth-order valence-electron chi connectivity index (χ4n) is 1.78. The molecule has 1 aromatic carbocycles. The summed E-state index contributed by atoms with van der Waals surface area (Å²) < 4.78 is 22.6. The van der Waals surface area contributed by atoms with Crippen molar-refractivity contribution in [3.63, 3.8) is 0 Å². The Morgan fingerprint density at radius 2 is 2.05 bits per heavy atom. The number of hydrogen-bond donors (Lipinski definition) is 3. The number of nitrogens with one attached hydrogen (secondary N) is 1. The summed E-state index contributed by atoms with van der Waals surface area (Å²) in [5, 5.41) is 17.3. The molecule has 108 valence electrons. The van der Waals surface area contributed by atoms with Gasteiger partial charge in [0, 0.05) is 12.6 Å². The van der Waals surface area contributed by atoms with E-state index < -0.39 is 10.0 Å². The number of aliphatic hydroxyl groups excluding tert-OH is 1. The summed E-state index contributed by atoms with van der Waals surface area (Å²) in [4.78, 5) is 0.127. The fraction of sp³-hybridized carbons (Fsp3) is 0.538. The van der Waals surface area contributed by atoms with E-state index in [1.165, 1.54) is 6.07 Å². The molecule has 2 unspecified atom stereocenters. The van der Waals surface area contributed by atoms with Gasteiger partial charge in [-0.3, -0.25) is 0 Å². The highest BCUT2D eigenvalue weighted by Crippen LogP contribution is 2.17. The summed E-state index contributed by atoms with van der Waals surface area (Å²) in [5.41, 5.74) is 0.878. The highest BCUT2D eigenvalue weighted by molar-refractivity contribution is 7.89. The minimum Gasteiger partial charge on any atom is -0.396 e. The lowest BCUT2D eigenvalue weighted by molar-refractivity contribution is 0.258. The van der Waals surface area contributed by atoms with Gasteiger partial charge in [-0.05, 0) is 43.5 Å². The minimum absolute atomic E-state index is 0.0304. The van der Waals surface area contributed by atoms with E-state index in [1.807, 2.05) is 13.0 Å². The van der Waals surface area contributed by atoms with Crippen molar-refractivity contribution in [3.8, 4) is 0 Å². The van der Waals surface area contributed by atoms with Crippen LogP contribution in [0.4, 0.5) is 0 Å². The Balaban J connectivity index is 2.70. The zero-order valence-electron chi connectivity index (χ0n) is 11.3. The molecule has 1 rings (SSSR count). The molecular weight excluding hydrogens is 264 g/mol. The Hall–Kier alpha value is -0.950. The van der Waals surface area contributed by atoms with Crippen molar-refractivity contribution in [2.45, 2.75) is 31.2 Å². The van der Waals surface area contributed by atoms with E-state index in [1.54, 1.807) is 12.1 Å². The van der Waals surface area contributed by atoms with Crippen LogP contribution in [0.5, 0.6) is 0 Å². The average Bonchev–Trinajstić information content (AvgIpc) is 2.35. The summed E-state index contributed by atoms with van der Waals surface area (Å²) in [6.07, 6.45) is 0.747. The van der Waals surface area contributed by atoms with Crippen molar-refractivity contribution in [1.29, 1.82) is 0 Å². The molecule has 19 heavy (non-hydrogen) atoms. The number of aliphatic hydroxyl groups is 1. The first kappa shape index (κ1) is 16.1. The third-order valence-electron chi connectivity index (χ3n) is 3.08. The predicted molar refractivity (Wildman–Crippen MR) is 75.1 cm³/mol. The van der Waals surface area contributed by atoms with Crippen LogP contribution in [0.1, 0.15) is 31.9 Å². The van der Waals surface area contributed by atoms with Crippen LogP contribution in [-0.4, -0.2) is 26.7 Å². The van der Waals surface area contributed by atoms with Crippen LogP contribution in [0.25, 0.3) is 0 Å². The molecule has 0 saturated carbocycles. The van der Waals surface area contributed by atoms with Gasteiger partial charge in [0.05, 0.1) is 4.90 Å². The number of primary sulfonamides is 1. The lowest BCUT2D eigenvalue weighted by Crippen LogP contribution is -2.25. The Morgan fingerprint density at radius 3 is 2.63 bits per heavy atom. The van der Waals surface area contributed by atoms with Gasteiger partial charge in [-0.15, -0.1) is 0 Å². The van der Waals surface area contributed by atoms with Crippen molar-refractivity contribution in [1.82, 2.24) is 5.32 Å². The number of benzene rings is 1. The van der Waals surface area contributed by atoms with Crippen molar-refractivity contribution < 1.29 is 13.5 Å². The second-order valence-electron chi connectivity index (χ2n) is 4.86. The molecule has 0 spiro atoms. The summed E-state index contributed by atoms with van der Waals surface area (Å²) in [6, 6.07) is 6.65. The van der Waals surface area contributed by atoms with Crippen LogP contribution in [0.15, 0.2) is 29.2 Å². The highest BCUT2D eigenvalue weighted by Gasteiger charge is 2.12. The van der Waals surface area contributed by atoms with Gasteiger partial charge in [0.15, 0.2) is 0 Å². The second kappa shape index (κ2) is 7.00. The summed E-state index contributed by atoms with van der Waals surface area (Å²) in [7, 11) is -3.66. The largest absolute Gasteiger partial charge is 0.396 e. The van der Waals surface area contributed by atoms with Gasteiger partial charge in [0.1, 0.15) is 0 Å². The third-order valence-corrected chi connectivity index (χ3v) is 3.99. The molecule has 0 heterocycles. The van der Waals surface area contributed by atoms with Crippen molar-refractivity contribution in [2.24, 2.45) is 11.1 Å². The van der Waals surface area contributed by atoms with Crippen LogP contribution in [0, 0.1) is 5.92 Å². The first-order chi connectivity index (χ1) is 8.84. The number of rotatable bonds is 7. The van der Waals surface area contributed by atoms with Crippen LogP contribution >= 0.6 is 0 Å². The molecule has 2 atom stereocenters. The molecule has 4 N–H and O–H groups in total. The maximum atomic E-state index is 11.3. The predicted octanol–water partition coefficient (Wildman–Crippen LogP) is 1.00. The SMILES string of the molecule is CC(CCO)CNC(C)c1cccc(S(N)(=O)=O)c1. The maximum absolute atomic E-state index is 11.3. The van der Waals surface area contributed by atoms with Gasteiger partial charge >= 0.3 is 0 Å². The van der Waals surface area contributed by atoms with Crippen molar-refractivity contribution in [2.75, 3.05) is 13.2 Å². The standard InChI is InChI=1S/C13H22N2O3S/c1-10(6-7-16)9-15-11(2)12-4-3-5-13(8-12)19(14,17)18/h3-5,8,10-11,15-16H,6-7,9H2,1-2H3,(H2,14,17,18). The van der Waals surface area contributed by atoms with E-state index in [0.717, 1.165) is 18.5 Å². The van der Waals surface area contributed by atoms with E-state index in [9.17, 15) is 8.42 Å². The molecule has 0 bridgehead atoms. The molecule has 0 aliphatic heterocycles. The molecule has 0 saturated heterocycles. The van der Waals surface area contributed by atoms with Crippen LogP contribution in [0.2, 0.25) is 0 Å². The second-order valence-corrected chi connectivity index (χ2v) is 6.43. The van der Waals surface area contributed by atoms with Gasteiger partial charge in [0.2, 0.25) is 10.0 Å². The van der Waals surface area contributed by atoms with E-state index in [4.69, 9.17) is 10.2 Å². The lowest BCUT2D eigenvalue weighted by atomic mass is 10.1. The summed E-state index contributed by atoms with van der Waals surface area (Å²) >= 11 is 0. The van der Waals surface area contributed by atoms with Crippen molar-refractivity contribution in [3.05, 3.63) is 29.8 Å². The maximum Gasteiger partial charge on any atom is 0.238 e. The van der Waals surface area contributed by atoms with Crippen LogP contribution in [0.3, 0.4) is 0 Å². The lowest BCUT2D eigenvalue weighted by Gasteiger charge is -2.18. The van der Waals surface area contributed by atoms with E-state index in [0.29, 0.717) is 5.92 Å². The smallest absolute Gasteiger partial charge is 0.238 e. The van der Waals surface area contributed by atoms with Crippen molar-refractivity contribution >= 4 is 10.0 Å². The minimum atomic E-state index is -3.66. The molecule has 1 aromatic rings. The molecule has 0 aliphatic carbocycles. The molecule has 5 nitrogen and oxygen atoms in total. The average molecular weight is 286 g/mol. The fourth-order valence-corrected chi connectivity index (χ4v) is 2.35.